The molecule has 0 bridgehead atoms. The lowest BCUT2D eigenvalue weighted by Gasteiger charge is -2.37. The molecule has 2 aliphatic heterocycles. The summed E-state index contributed by atoms with van der Waals surface area (Å²) in [5.41, 5.74) is 0.577. The van der Waals surface area contributed by atoms with Gasteiger partial charge >= 0.3 is 0 Å². The number of nitrogens with zero attached hydrogens (tertiary/aromatic N) is 1. The zero-order valence-corrected chi connectivity index (χ0v) is 20.1. The van der Waals surface area contributed by atoms with E-state index >= 15 is 0 Å². The Balaban J connectivity index is 1.85. The Morgan fingerprint density at radius 3 is 2.44 bits per heavy atom. The molecule has 0 spiro atoms. The van der Waals surface area contributed by atoms with Crippen molar-refractivity contribution in [3.8, 4) is 5.75 Å². The summed E-state index contributed by atoms with van der Waals surface area (Å²) in [7, 11) is -3.80. The Morgan fingerprint density at radius 2 is 1.81 bits per heavy atom. The van der Waals surface area contributed by atoms with Gasteiger partial charge in [0.05, 0.1) is 22.6 Å². The topological polar surface area (TPSA) is 72.9 Å². The van der Waals surface area contributed by atoms with E-state index in [1.165, 1.54) is 12.1 Å². The van der Waals surface area contributed by atoms with E-state index in [4.69, 9.17) is 21.1 Å². The number of hydrogen-bond acceptors (Lipinski definition) is 5. The zero-order chi connectivity index (χ0) is 23.1. The van der Waals surface area contributed by atoms with Gasteiger partial charge in [-0.3, -0.25) is 4.79 Å². The number of hydrogen-bond donors (Lipinski definition) is 0. The van der Waals surface area contributed by atoms with Crippen molar-refractivity contribution in [3.05, 3.63) is 53.1 Å². The molecule has 2 heterocycles. The molecule has 2 aromatic carbocycles. The first-order valence-electron chi connectivity index (χ1n) is 10.8. The first-order chi connectivity index (χ1) is 15.1. The number of benzene rings is 2. The minimum Gasteiger partial charge on any atom is -0.490 e. The smallest absolute Gasteiger partial charge is 0.236 e. The molecule has 172 valence electrons. The quantitative estimate of drug-likeness (QED) is 0.643. The zero-order valence-electron chi connectivity index (χ0n) is 18.6. The molecular formula is C24H28ClNO5S. The molecular weight excluding hydrogens is 450 g/mol. The lowest BCUT2D eigenvalue weighted by Crippen LogP contribution is -2.43. The SMILES string of the molecule is CCN1C(=O)C(C)(C)COc2cc(C3(S(=O)(=O)c4ccc(Cl)cc4)CCCOC3)ccc21. The van der Waals surface area contributed by atoms with Crippen molar-refractivity contribution in [2.75, 3.05) is 31.3 Å². The highest BCUT2D eigenvalue weighted by atomic mass is 35.5. The van der Waals surface area contributed by atoms with Gasteiger partial charge in [-0.15, -0.1) is 0 Å². The number of halogens is 1. The van der Waals surface area contributed by atoms with Crippen LogP contribution in [0.5, 0.6) is 5.75 Å². The average Bonchev–Trinajstić information content (AvgIpc) is 2.88. The van der Waals surface area contributed by atoms with E-state index in [0.717, 1.165) is 0 Å². The molecule has 0 aliphatic carbocycles. The molecule has 1 unspecified atom stereocenters. The van der Waals surface area contributed by atoms with Gasteiger partial charge in [0.25, 0.3) is 0 Å². The molecule has 6 nitrogen and oxygen atoms in total. The maximum absolute atomic E-state index is 13.9. The molecule has 4 rings (SSSR count). The van der Waals surface area contributed by atoms with Gasteiger partial charge in [-0.1, -0.05) is 17.7 Å². The second-order valence-electron chi connectivity index (χ2n) is 9.01. The van der Waals surface area contributed by atoms with Crippen LogP contribution in [-0.4, -0.2) is 40.7 Å². The van der Waals surface area contributed by atoms with Gasteiger partial charge in [-0.2, -0.15) is 0 Å². The van der Waals surface area contributed by atoms with Crippen LogP contribution in [0.15, 0.2) is 47.4 Å². The molecule has 8 heteroatoms. The van der Waals surface area contributed by atoms with Crippen LogP contribution in [0, 0.1) is 5.41 Å². The van der Waals surface area contributed by atoms with E-state index < -0.39 is 20.0 Å². The second-order valence-corrected chi connectivity index (χ2v) is 11.7. The van der Waals surface area contributed by atoms with E-state index in [1.54, 1.807) is 35.2 Å². The predicted molar refractivity (Wildman–Crippen MR) is 124 cm³/mol. The molecule has 0 aromatic heterocycles. The van der Waals surface area contributed by atoms with Crippen molar-refractivity contribution in [3.63, 3.8) is 0 Å². The van der Waals surface area contributed by atoms with Crippen LogP contribution in [0.2, 0.25) is 5.02 Å². The van der Waals surface area contributed by atoms with Crippen molar-refractivity contribution in [2.24, 2.45) is 5.41 Å². The first-order valence-corrected chi connectivity index (χ1v) is 12.7. The molecule has 0 N–H and O–H groups in total. The number of sulfone groups is 1. The third-order valence-electron chi connectivity index (χ3n) is 6.35. The van der Waals surface area contributed by atoms with Gasteiger partial charge in [0.15, 0.2) is 9.84 Å². The fourth-order valence-electron chi connectivity index (χ4n) is 4.45. The lowest BCUT2D eigenvalue weighted by atomic mass is 9.91. The number of rotatable bonds is 4. The van der Waals surface area contributed by atoms with Crippen molar-refractivity contribution < 1.29 is 22.7 Å². The van der Waals surface area contributed by atoms with E-state index in [0.29, 0.717) is 48.0 Å². The van der Waals surface area contributed by atoms with Crippen molar-refractivity contribution >= 4 is 33.0 Å². The standard InChI is InChI=1S/C24H28ClNO5S/c1-4-26-20-11-6-17(14-21(20)31-15-23(2,3)22(26)27)24(12-5-13-30-16-24)32(28,29)19-9-7-18(25)8-10-19/h6-11,14H,4-5,12-13,15-16H2,1-3H3. The summed E-state index contributed by atoms with van der Waals surface area (Å²) in [6.07, 6.45) is 1.05. The molecule has 1 atom stereocenters. The molecule has 0 saturated carbocycles. The van der Waals surface area contributed by atoms with Crippen LogP contribution in [0.25, 0.3) is 0 Å². The van der Waals surface area contributed by atoms with Crippen LogP contribution in [0.4, 0.5) is 5.69 Å². The van der Waals surface area contributed by atoms with E-state index in [2.05, 4.69) is 0 Å². The van der Waals surface area contributed by atoms with E-state index in [-0.39, 0.29) is 24.0 Å². The number of carbonyl (C=O) groups excluding carboxylic acids is 1. The highest BCUT2D eigenvalue weighted by molar-refractivity contribution is 7.92. The summed E-state index contributed by atoms with van der Waals surface area (Å²) in [6.45, 7) is 6.91. The number of fused-ring (bicyclic) bond motifs is 1. The monoisotopic (exact) mass is 477 g/mol. The van der Waals surface area contributed by atoms with E-state index in [1.807, 2.05) is 20.8 Å². The van der Waals surface area contributed by atoms with Gasteiger partial charge in [0, 0.05) is 18.2 Å². The highest BCUT2D eigenvalue weighted by Crippen LogP contribution is 2.46. The first kappa shape index (κ1) is 23.1. The minimum atomic E-state index is -3.80. The number of amides is 1. The van der Waals surface area contributed by atoms with Crippen LogP contribution in [0.3, 0.4) is 0 Å². The average molecular weight is 478 g/mol. The van der Waals surface area contributed by atoms with Gasteiger partial charge < -0.3 is 14.4 Å². The summed E-state index contributed by atoms with van der Waals surface area (Å²) in [6, 6.07) is 11.6. The predicted octanol–water partition coefficient (Wildman–Crippen LogP) is 4.59. The van der Waals surface area contributed by atoms with Crippen molar-refractivity contribution in [1.29, 1.82) is 0 Å². The normalized spacial score (nSPS) is 23.2. The molecule has 2 aromatic rings. The Morgan fingerprint density at radius 1 is 1.09 bits per heavy atom. The molecule has 1 fully saturated rings. The van der Waals surface area contributed by atoms with Gasteiger partial charge in [-0.25, -0.2) is 8.42 Å². The summed E-state index contributed by atoms with van der Waals surface area (Å²) in [5, 5.41) is 0.475. The van der Waals surface area contributed by atoms with Gasteiger partial charge in [0.1, 0.15) is 17.1 Å². The third kappa shape index (κ3) is 3.70. The number of anilines is 1. The molecule has 0 radical (unpaired) electrons. The van der Waals surface area contributed by atoms with Crippen LogP contribution in [-0.2, 0) is 24.1 Å². The Hall–Kier alpha value is -2.09. The molecule has 1 saturated heterocycles. The Labute approximate surface area is 194 Å². The Kier molecular flexibility index (Phi) is 6.03. The largest absolute Gasteiger partial charge is 0.490 e. The lowest BCUT2D eigenvalue weighted by molar-refractivity contribution is -0.127. The summed E-state index contributed by atoms with van der Waals surface area (Å²) >= 11 is 5.99. The van der Waals surface area contributed by atoms with Crippen LogP contribution < -0.4 is 9.64 Å². The summed E-state index contributed by atoms with van der Waals surface area (Å²) in [4.78, 5) is 14.9. The molecule has 32 heavy (non-hydrogen) atoms. The van der Waals surface area contributed by atoms with Crippen LogP contribution in [0.1, 0.15) is 39.2 Å². The van der Waals surface area contributed by atoms with Gasteiger partial charge in [0.2, 0.25) is 5.91 Å². The maximum atomic E-state index is 13.9. The minimum absolute atomic E-state index is 0.0176. The maximum Gasteiger partial charge on any atom is 0.236 e. The van der Waals surface area contributed by atoms with Gasteiger partial charge in [-0.05, 0) is 75.6 Å². The van der Waals surface area contributed by atoms with Crippen molar-refractivity contribution in [1.82, 2.24) is 0 Å². The third-order valence-corrected chi connectivity index (χ3v) is 9.08. The van der Waals surface area contributed by atoms with Crippen molar-refractivity contribution in [2.45, 2.75) is 43.3 Å². The van der Waals surface area contributed by atoms with E-state index in [9.17, 15) is 13.2 Å². The summed E-state index contributed by atoms with van der Waals surface area (Å²) < 4.78 is 38.3. The fraction of sp³-hybridized carbons (Fsp3) is 0.458. The highest BCUT2D eigenvalue weighted by Gasteiger charge is 2.48. The number of ether oxygens (including phenoxy) is 2. The number of carbonyl (C=O) groups is 1. The second kappa shape index (κ2) is 8.36. The van der Waals surface area contributed by atoms with Crippen LogP contribution >= 0.6 is 11.6 Å². The molecule has 1 amide bonds. The fourth-order valence-corrected chi connectivity index (χ4v) is 6.61. The summed E-state index contributed by atoms with van der Waals surface area (Å²) in [5.74, 6) is 0.496. The Bertz CT molecular complexity index is 1120. The molecule has 2 aliphatic rings.